The molecule has 0 fully saturated rings. The molecule has 0 radical (unpaired) electrons. The maximum atomic E-state index is 13.3. The monoisotopic (exact) mass is 444 g/mol. The van der Waals surface area contributed by atoms with E-state index in [4.69, 9.17) is 0 Å². The number of benzene rings is 4. The molecule has 2 heteroatoms. The quantitative estimate of drug-likeness (QED) is 0.286. The zero-order chi connectivity index (χ0) is 23.9. The van der Waals surface area contributed by atoms with E-state index >= 15 is 0 Å². The molecule has 0 spiro atoms. The van der Waals surface area contributed by atoms with E-state index in [1.807, 2.05) is 43.3 Å². The van der Waals surface area contributed by atoms with Crippen LogP contribution in [-0.4, -0.2) is 5.91 Å². The number of rotatable bonds is 4. The molecule has 4 aromatic carbocycles. The summed E-state index contributed by atoms with van der Waals surface area (Å²) in [4.78, 5) is 13.3. The molecule has 4 aromatic rings. The first-order chi connectivity index (χ1) is 16.3. The third-order valence-corrected chi connectivity index (χ3v) is 6.69. The summed E-state index contributed by atoms with van der Waals surface area (Å²) in [5.74, 6) is 1.15. The van der Waals surface area contributed by atoms with Gasteiger partial charge in [0.2, 0.25) is 0 Å². The third kappa shape index (κ3) is 3.90. The van der Waals surface area contributed by atoms with Crippen LogP contribution >= 0.6 is 0 Å². The molecule has 1 amide bonds. The number of hydrogen-bond donors (Lipinski definition) is 1. The second-order valence-corrected chi connectivity index (χ2v) is 10.1. The van der Waals surface area contributed by atoms with E-state index in [1.54, 1.807) is 0 Å². The molecule has 2 nitrogen and oxygen atoms in total. The van der Waals surface area contributed by atoms with Crippen molar-refractivity contribution >= 4 is 5.91 Å². The first-order valence-corrected chi connectivity index (χ1v) is 11.9. The molecule has 0 aromatic heterocycles. The highest BCUT2D eigenvalue weighted by Gasteiger charge is 2.39. The highest BCUT2D eigenvalue weighted by Crippen LogP contribution is 2.49. The normalized spacial score (nSPS) is 13.2. The number of fused-ring (bicyclic) bond motifs is 3. The zero-order valence-corrected chi connectivity index (χ0v) is 20.2. The van der Waals surface area contributed by atoms with Crippen LogP contribution in [0.15, 0.2) is 97.1 Å². The Balaban J connectivity index is 1.57. The largest absolute Gasteiger partial charge is 0.345 e. The van der Waals surface area contributed by atoms with Crippen molar-refractivity contribution in [2.75, 3.05) is 0 Å². The van der Waals surface area contributed by atoms with E-state index in [0.717, 1.165) is 11.1 Å². The van der Waals surface area contributed by atoms with Gasteiger partial charge < -0.3 is 5.32 Å². The van der Waals surface area contributed by atoms with Crippen molar-refractivity contribution in [3.05, 3.63) is 136 Å². The summed E-state index contributed by atoms with van der Waals surface area (Å²) >= 11 is 0. The van der Waals surface area contributed by atoms with Gasteiger partial charge in [0.15, 0.2) is 0 Å². The molecule has 5 rings (SSSR count). The van der Waals surface area contributed by atoms with Gasteiger partial charge in [-0.25, -0.2) is 0 Å². The fourth-order valence-electron chi connectivity index (χ4n) is 4.96. The number of carbonyl (C=O) groups is 1. The van der Waals surface area contributed by atoms with Crippen molar-refractivity contribution in [1.29, 1.82) is 0 Å². The summed E-state index contributed by atoms with van der Waals surface area (Å²) in [6.45, 7) is 8.78. The van der Waals surface area contributed by atoms with Crippen LogP contribution in [0.25, 0.3) is 11.1 Å². The molecule has 0 aliphatic heterocycles. The number of amides is 1. The van der Waals surface area contributed by atoms with Crippen LogP contribution in [0.5, 0.6) is 0 Å². The van der Waals surface area contributed by atoms with Crippen molar-refractivity contribution < 1.29 is 4.79 Å². The van der Waals surface area contributed by atoms with Crippen molar-refractivity contribution in [1.82, 2.24) is 5.32 Å². The Morgan fingerprint density at radius 3 is 2.09 bits per heavy atom. The van der Waals surface area contributed by atoms with Crippen molar-refractivity contribution in [3.8, 4) is 11.1 Å². The third-order valence-electron chi connectivity index (χ3n) is 6.69. The second kappa shape index (κ2) is 8.53. The number of carbonyl (C=O) groups excluding carboxylic acids is 1. The highest BCUT2D eigenvalue weighted by atomic mass is 16.1. The van der Waals surface area contributed by atoms with Gasteiger partial charge in [-0.05, 0) is 67.1 Å². The predicted molar refractivity (Wildman–Crippen MR) is 140 cm³/mol. The molecule has 34 heavy (non-hydrogen) atoms. The predicted octanol–water partition coefficient (Wildman–Crippen LogP) is 7.47. The molecule has 0 bridgehead atoms. The van der Waals surface area contributed by atoms with Gasteiger partial charge in [0.25, 0.3) is 5.91 Å². The van der Waals surface area contributed by atoms with Crippen molar-refractivity contribution in [2.45, 2.75) is 39.2 Å². The lowest BCUT2D eigenvalue weighted by Gasteiger charge is -2.23. The standard InChI is InChI=1S/C32H29NO/c1-21(22-12-6-5-7-13-22)33-31(34)23-18-19-25-24-14-8-9-15-26(24)30(28(25)20-23)27-16-10-11-17-29(27)32(2,3)4/h5-21H,1-4H3/p+1/t21-/m0/s1. The van der Waals surface area contributed by atoms with Crippen LogP contribution in [0.4, 0.5) is 0 Å². The Kier molecular flexibility index (Phi) is 5.53. The summed E-state index contributed by atoms with van der Waals surface area (Å²) < 4.78 is 0. The molecule has 0 saturated heterocycles. The van der Waals surface area contributed by atoms with Gasteiger partial charge >= 0.3 is 0 Å². The fourth-order valence-corrected chi connectivity index (χ4v) is 4.96. The Bertz CT molecular complexity index is 1350. The Hall–Kier alpha value is -3.78. The SMILES string of the molecule is C[C@H](NC(=O)c1ccc2c(c1)[C+](c1ccccc1C(C)(C)C)c1ccccc1-2)c1ccccc1. The van der Waals surface area contributed by atoms with E-state index < -0.39 is 0 Å². The average molecular weight is 445 g/mol. The Morgan fingerprint density at radius 1 is 0.735 bits per heavy atom. The van der Waals surface area contributed by atoms with Crippen molar-refractivity contribution in [3.63, 3.8) is 0 Å². The van der Waals surface area contributed by atoms with Crippen LogP contribution in [0.1, 0.15) is 71.9 Å². The van der Waals surface area contributed by atoms with E-state index in [1.165, 1.54) is 33.7 Å². The molecule has 1 aliphatic rings. The van der Waals surface area contributed by atoms with Crippen molar-refractivity contribution in [2.24, 2.45) is 0 Å². The summed E-state index contributed by atoms with van der Waals surface area (Å²) in [6, 6.07) is 33.3. The molecular formula is C32H30NO+. The van der Waals surface area contributed by atoms with Crippen LogP contribution in [0.3, 0.4) is 0 Å². The minimum atomic E-state index is -0.0655. The average Bonchev–Trinajstić information content (AvgIpc) is 3.17. The Labute approximate surface area is 202 Å². The van der Waals surface area contributed by atoms with Gasteiger partial charge in [-0.2, -0.15) is 0 Å². The maximum Gasteiger partial charge on any atom is 0.257 e. The highest BCUT2D eigenvalue weighted by molar-refractivity contribution is 5.97. The van der Waals surface area contributed by atoms with Crippen LogP contribution in [0.2, 0.25) is 0 Å². The number of hydrogen-bond acceptors (Lipinski definition) is 1. The molecule has 168 valence electrons. The van der Waals surface area contributed by atoms with Gasteiger partial charge in [0.1, 0.15) is 0 Å². The van der Waals surface area contributed by atoms with Crippen LogP contribution < -0.4 is 5.32 Å². The molecule has 0 saturated carbocycles. The lowest BCUT2D eigenvalue weighted by molar-refractivity contribution is 0.0940. The first kappa shape index (κ1) is 22.0. The smallest absolute Gasteiger partial charge is 0.257 e. The summed E-state index contributed by atoms with van der Waals surface area (Å²) in [5, 5.41) is 3.17. The summed E-state index contributed by atoms with van der Waals surface area (Å²) in [5.41, 5.74) is 9.07. The Morgan fingerprint density at radius 2 is 1.35 bits per heavy atom. The zero-order valence-electron chi connectivity index (χ0n) is 20.2. The van der Waals surface area contributed by atoms with Gasteiger partial charge in [-0.1, -0.05) is 57.2 Å². The van der Waals surface area contributed by atoms with Gasteiger partial charge in [-0.3, -0.25) is 4.79 Å². The lowest BCUT2D eigenvalue weighted by Crippen LogP contribution is -2.26. The molecule has 1 atom stereocenters. The molecular weight excluding hydrogens is 414 g/mol. The van der Waals surface area contributed by atoms with E-state index in [-0.39, 0.29) is 17.4 Å². The molecule has 0 unspecified atom stereocenters. The molecule has 0 heterocycles. The minimum absolute atomic E-state index is 0.00138. The van der Waals surface area contributed by atoms with E-state index in [2.05, 4.69) is 86.8 Å². The summed E-state index contributed by atoms with van der Waals surface area (Å²) in [7, 11) is 0. The number of nitrogens with one attached hydrogen (secondary N) is 1. The van der Waals surface area contributed by atoms with Crippen LogP contribution in [0, 0.1) is 5.92 Å². The second-order valence-electron chi connectivity index (χ2n) is 10.1. The van der Waals surface area contributed by atoms with Gasteiger partial charge in [-0.15, -0.1) is 0 Å². The van der Waals surface area contributed by atoms with Gasteiger partial charge in [0.05, 0.1) is 45.3 Å². The molecule has 1 aliphatic carbocycles. The fraction of sp³-hybridized carbons (Fsp3) is 0.188. The van der Waals surface area contributed by atoms with E-state index in [9.17, 15) is 4.79 Å². The summed E-state index contributed by atoms with van der Waals surface area (Å²) in [6.07, 6.45) is 0. The minimum Gasteiger partial charge on any atom is -0.345 e. The first-order valence-electron chi connectivity index (χ1n) is 11.9. The lowest BCUT2D eigenvalue weighted by atomic mass is 9.77. The van der Waals surface area contributed by atoms with E-state index in [0.29, 0.717) is 5.56 Å². The van der Waals surface area contributed by atoms with Gasteiger partial charge in [0, 0.05) is 17.0 Å². The maximum absolute atomic E-state index is 13.3. The molecule has 1 N–H and O–H groups in total. The topological polar surface area (TPSA) is 29.1 Å². The van der Waals surface area contributed by atoms with Crippen LogP contribution in [-0.2, 0) is 5.41 Å².